The molecule has 0 fully saturated rings. The molecule has 0 aliphatic carbocycles. The molecular formula is C21H20N6O2S. The lowest BCUT2D eigenvalue weighted by Crippen LogP contribution is -2.12. The number of thioether (sulfide) groups is 1. The van der Waals surface area contributed by atoms with Crippen LogP contribution in [0.4, 0.5) is 5.82 Å². The lowest BCUT2D eigenvalue weighted by atomic mass is 10.2. The van der Waals surface area contributed by atoms with Gasteiger partial charge in [0.15, 0.2) is 16.8 Å². The Bertz CT molecular complexity index is 1160. The summed E-state index contributed by atoms with van der Waals surface area (Å²) in [6.07, 6.45) is 3.77. The van der Waals surface area contributed by atoms with Crippen LogP contribution in [-0.2, 0) is 4.79 Å². The van der Waals surface area contributed by atoms with E-state index in [0.29, 0.717) is 23.8 Å². The van der Waals surface area contributed by atoms with Gasteiger partial charge in [0.2, 0.25) is 5.91 Å². The highest BCUT2D eigenvalue weighted by molar-refractivity contribution is 7.99. The van der Waals surface area contributed by atoms with Crippen molar-refractivity contribution in [2.75, 3.05) is 11.1 Å². The number of para-hydroxylation sites is 1. The van der Waals surface area contributed by atoms with E-state index in [1.807, 2.05) is 47.9 Å². The maximum atomic E-state index is 12.2. The van der Waals surface area contributed by atoms with E-state index in [-0.39, 0.29) is 5.91 Å². The number of hydrogen-bond donors (Lipinski definition) is 1. The second kappa shape index (κ2) is 8.91. The molecule has 3 heterocycles. The molecule has 0 aliphatic heterocycles. The number of rotatable bonds is 7. The van der Waals surface area contributed by atoms with Crippen molar-refractivity contribution < 1.29 is 9.32 Å². The van der Waals surface area contributed by atoms with E-state index < -0.39 is 0 Å². The van der Waals surface area contributed by atoms with Crippen LogP contribution in [0.3, 0.4) is 0 Å². The molecule has 152 valence electrons. The van der Waals surface area contributed by atoms with E-state index in [9.17, 15) is 4.79 Å². The first-order valence-electron chi connectivity index (χ1n) is 9.39. The van der Waals surface area contributed by atoms with Crippen molar-refractivity contribution >= 4 is 23.5 Å². The number of pyridine rings is 1. The second-order valence-electron chi connectivity index (χ2n) is 6.63. The van der Waals surface area contributed by atoms with Gasteiger partial charge in [0.25, 0.3) is 0 Å². The summed E-state index contributed by atoms with van der Waals surface area (Å²) in [6, 6.07) is 13.6. The molecule has 1 N–H and O–H groups in total. The maximum absolute atomic E-state index is 12.2. The van der Waals surface area contributed by atoms with E-state index in [0.717, 1.165) is 27.8 Å². The summed E-state index contributed by atoms with van der Waals surface area (Å²) >= 11 is 1.48. The van der Waals surface area contributed by atoms with Gasteiger partial charge in [-0.05, 0) is 37.6 Å². The summed E-state index contributed by atoms with van der Waals surface area (Å²) in [5, 5.41) is 16.0. The minimum absolute atomic E-state index is 0.132. The van der Waals surface area contributed by atoms with Crippen LogP contribution in [0.5, 0.6) is 0 Å². The van der Waals surface area contributed by atoms with Gasteiger partial charge >= 0.3 is 0 Å². The Hall–Kier alpha value is -3.46. The third-order valence-electron chi connectivity index (χ3n) is 4.38. The minimum atomic E-state index is -0.132. The van der Waals surface area contributed by atoms with Gasteiger partial charge in [-0.25, -0.2) is 0 Å². The maximum Gasteiger partial charge on any atom is 0.226 e. The monoisotopic (exact) mass is 420 g/mol. The molecule has 0 aliphatic rings. The lowest BCUT2D eigenvalue weighted by molar-refractivity contribution is -0.115. The number of benzene rings is 1. The SMILES string of the molecule is Cc1cc(NC(=O)CCSc2nnc(-c3ccncc3)n2-c2ccccc2C)no1. The van der Waals surface area contributed by atoms with Gasteiger partial charge < -0.3 is 9.84 Å². The number of anilines is 1. The smallest absolute Gasteiger partial charge is 0.226 e. The fourth-order valence-corrected chi connectivity index (χ4v) is 3.83. The number of carbonyl (C=O) groups excluding carboxylic acids is 1. The quantitative estimate of drug-likeness (QED) is 0.450. The summed E-state index contributed by atoms with van der Waals surface area (Å²) in [5.74, 6) is 2.22. The number of aromatic nitrogens is 5. The Morgan fingerprint density at radius 2 is 1.93 bits per heavy atom. The molecule has 0 saturated carbocycles. The molecule has 0 spiro atoms. The molecule has 4 rings (SSSR count). The third kappa shape index (κ3) is 4.41. The first-order chi connectivity index (χ1) is 14.6. The standard InChI is InChI=1S/C21H20N6O2S/c1-14-5-3-4-6-17(14)27-20(16-7-10-22-11-8-16)24-25-21(27)30-12-9-19(28)23-18-13-15(2)29-26-18/h3-8,10-11,13H,9,12H2,1-2H3,(H,23,26,28). The van der Waals surface area contributed by atoms with E-state index in [4.69, 9.17) is 4.52 Å². The van der Waals surface area contributed by atoms with Crippen molar-refractivity contribution in [2.24, 2.45) is 0 Å². The normalized spacial score (nSPS) is 10.9. The molecule has 0 radical (unpaired) electrons. The molecular weight excluding hydrogens is 400 g/mol. The molecule has 0 unspecified atom stereocenters. The van der Waals surface area contributed by atoms with E-state index in [1.54, 1.807) is 25.4 Å². The van der Waals surface area contributed by atoms with Gasteiger partial charge in [-0.1, -0.05) is 35.1 Å². The first kappa shape index (κ1) is 19.8. The van der Waals surface area contributed by atoms with Gasteiger partial charge in [0.1, 0.15) is 5.76 Å². The summed E-state index contributed by atoms with van der Waals surface area (Å²) in [5.41, 5.74) is 3.03. The number of amides is 1. The predicted octanol–water partition coefficient (Wildman–Crippen LogP) is 4.06. The Kier molecular flexibility index (Phi) is 5.89. The lowest BCUT2D eigenvalue weighted by Gasteiger charge is -2.12. The van der Waals surface area contributed by atoms with Gasteiger partial charge in [0.05, 0.1) is 5.69 Å². The van der Waals surface area contributed by atoms with Crippen LogP contribution in [0.1, 0.15) is 17.7 Å². The summed E-state index contributed by atoms with van der Waals surface area (Å²) < 4.78 is 6.99. The van der Waals surface area contributed by atoms with Crippen LogP contribution < -0.4 is 5.32 Å². The molecule has 4 aromatic rings. The summed E-state index contributed by atoms with van der Waals surface area (Å²) in [4.78, 5) is 16.3. The van der Waals surface area contributed by atoms with Gasteiger partial charge in [-0.3, -0.25) is 14.3 Å². The van der Waals surface area contributed by atoms with E-state index in [1.165, 1.54) is 11.8 Å². The Balaban J connectivity index is 1.54. The first-order valence-corrected chi connectivity index (χ1v) is 10.4. The number of aryl methyl sites for hydroxylation is 2. The number of nitrogens with one attached hydrogen (secondary N) is 1. The topological polar surface area (TPSA) is 98.7 Å². The van der Waals surface area contributed by atoms with Gasteiger partial charge in [-0.2, -0.15) is 0 Å². The average Bonchev–Trinajstić information content (AvgIpc) is 3.35. The predicted molar refractivity (Wildman–Crippen MR) is 115 cm³/mol. The summed E-state index contributed by atoms with van der Waals surface area (Å²) in [6.45, 7) is 3.82. The average molecular weight is 420 g/mol. The van der Waals surface area contributed by atoms with Crippen LogP contribution >= 0.6 is 11.8 Å². The number of hydrogen-bond acceptors (Lipinski definition) is 7. The molecule has 1 amide bonds. The molecule has 9 heteroatoms. The van der Waals surface area contributed by atoms with E-state index >= 15 is 0 Å². The van der Waals surface area contributed by atoms with Crippen LogP contribution in [0.15, 0.2) is 64.5 Å². The number of nitrogens with zero attached hydrogens (tertiary/aromatic N) is 5. The number of carbonyl (C=O) groups is 1. The van der Waals surface area contributed by atoms with Crippen LogP contribution in [-0.4, -0.2) is 36.6 Å². The van der Waals surface area contributed by atoms with Gasteiger partial charge in [-0.15, -0.1) is 10.2 Å². The fraction of sp³-hybridized carbons (Fsp3) is 0.190. The molecule has 3 aromatic heterocycles. The molecule has 8 nitrogen and oxygen atoms in total. The highest BCUT2D eigenvalue weighted by Gasteiger charge is 2.18. The van der Waals surface area contributed by atoms with Gasteiger partial charge in [0, 0.05) is 36.2 Å². The highest BCUT2D eigenvalue weighted by Crippen LogP contribution is 2.29. The van der Waals surface area contributed by atoms with Crippen molar-refractivity contribution in [3.63, 3.8) is 0 Å². The van der Waals surface area contributed by atoms with Crippen molar-refractivity contribution in [2.45, 2.75) is 25.4 Å². The highest BCUT2D eigenvalue weighted by atomic mass is 32.2. The Labute approximate surface area is 177 Å². The molecule has 0 atom stereocenters. The zero-order chi connectivity index (χ0) is 20.9. The molecule has 30 heavy (non-hydrogen) atoms. The molecule has 1 aromatic carbocycles. The van der Waals surface area contributed by atoms with Crippen molar-refractivity contribution in [1.82, 2.24) is 24.9 Å². The third-order valence-corrected chi connectivity index (χ3v) is 5.31. The van der Waals surface area contributed by atoms with Crippen LogP contribution in [0, 0.1) is 13.8 Å². The van der Waals surface area contributed by atoms with Crippen molar-refractivity contribution in [1.29, 1.82) is 0 Å². The van der Waals surface area contributed by atoms with Crippen LogP contribution in [0.2, 0.25) is 0 Å². The molecule has 0 saturated heterocycles. The largest absolute Gasteiger partial charge is 0.360 e. The zero-order valence-corrected chi connectivity index (χ0v) is 17.4. The van der Waals surface area contributed by atoms with Crippen LogP contribution in [0.25, 0.3) is 17.1 Å². The summed E-state index contributed by atoms with van der Waals surface area (Å²) in [7, 11) is 0. The zero-order valence-electron chi connectivity index (χ0n) is 16.6. The second-order valence-corrected chi connectivity index (χ2v) is 7.70. The van der Waals surface area contributed by atoms with Crippen molar-refractivity contribution in [3.05, 3.63) is 66.2 Å². The minimum Gasteiger partial charge on any atom is -0.360 e. The Morgan fingerprint density at radius 3 is 2.67 bits per heavy atom. The Morgan fingerprint density at radius 1 is 1.13 bits per heavy atom. The van der Waals surface area contributed by atoms with Crippen molar-refractivity contribution in [3.8, 4) is 17.1 Å². The fourth-order valence-electron chi connectivity index (χ4n) is 2.95. The molecule has 0 bridgehead atoms. The van der Waals surface area contributed by atoms with E-state index in [2.05, 4.69) is 25.7 Å².